The number of rotatable bonds is 3. The third-order valence-corrected chi connectivity index (χ3v) is 1.28. The lowest BCUT2D eigenvalue weighted by atomic mass is 10.4. The number of nitrogens with one attached hydrogen (secondary N) is 1. The van der Waals surface area contributed by atoms with E-state index in [2.05, 4.69) is 27.1 Å². The summed E-state index contributed by atoms with van der Waals surface area (Å²) >= 11 is 0. The molecule has 0 aliphatic heterocycles. The molecule has 1 aromatic heterocycles. The van der Waals surface area contributed by atoms with Gasteiger partial charge in [0.05, 0.1) is 0 Å². The Bertz CT molecular complexity index is 271. The van der Waals surface area contributed by atoms with Gasteiger partial charge >= 0.3 is 0 Å². The highest BCUT2D eigenvalue weighted by Gasteiger charge is 1.88. The Morgan fingerprint density at radius 1 is 1.42 bits per heavy atom. The molecule has 0 radical (unpaired) electrons. The SMILES string of the molecule is CC#CCCNc1ncccn1. The van der Waals surface area contributed by atoms with Crippen LogP contribution in [-0.2, 0) is 0 Å². The first-order chi connectivity index (χ1) is 5.93. The molecule has 62 valence electrons. The standard InChI is InChI=1S/C9H11N3/c1-2-3-4-6-10-9-11-7-5-8-12-9/h5,7-8H,4,6H2,1H3,(H,10,11,12). The van der Waals surface area contributed by atoms with Crippen molar-refractivity contribution in [2.24, 2.45) is 0 Å². The van der Waals surface area contributed by atoms with Crippen molar-refractivity contribution >= 4 is 5.95 Å². The fourth-order valence-corrected chi connectivity index (χ4v) is 0.752. The molecule has 3 heteroatoms. The molecular weight excluding hydrogens is 150 g/mol. The maximum absolute atomic E-state index is 4.01. The molecule has 0 amide bonds. The van der Waals surface area contributed by atoms with Gasteiger partial charge in [-0.2, -0.15) is 0 Å². The molecule has 0 atom stereocenters. The summed E-state index contributed by atoms with van der Waals surface area (Å²) in [6, 6.07) is 1.79. The first-order valence-corrected chi connectivity index (χ1v) is 3.84. The van der Waals surface area contributed by atoms with Gasteiger partial charge in [0.1, 0.15) is 0 Å². The zero-order chi connectivity index (χ0) is 8.65. The Balaban J connectivity index is 2.27. The van der Waals surface area contributed by atoms with Crippen LogP contribution in [0.1, 0.15) is 13.3 Å². The van der Waals surface area contributed by atoms with Gasteiger partial charge in [-0.25, -0.2) is 9.97 Å². The van der Waals surface area contributed by atoms with Crippen molar-refractivity contribution in [3.8, 4) is 11.8 Å². The third kappa shape index (κ3) is 3.02. The summed E-state index contributed by atoms with van der Waals surface area (Å²) in [7, 11) is 0. The number of nitrogens with zero attached hydrogens (tertiary/aromatic N) is 2. The molecule has 1 rings (SSSR count). The number of hydrogen-bond donors (Lipinski definition) is 1. The van der Waals surface area contributed by atoms with Crippen LogP contribution in [-0.4, -0.2) is 16.5 Å². The van der Waals surface area contributed by atoms with Crippen molar-refractivity contribution in [2.75, 3.05) is 11.9 Å². The molecule has 0 aromatic carbocycles. The number of anilines is 1. The van der Waals surface area contributed by atoms with E-state index in [1.165, 1.54) is 0 Å². The summed E-state index contributed by atoms with van der Waals surface area (Å²) < 4.78 is 0. The van der Waals surface area contributed by atoms with E-state index in [1.807, 2.05) is 6.92 Å². The van der Waals surface area contributed by atoms with Crippen molar-refractivity contribution in [3.05, 3.63) is 18.5 Å². The van der Waals surface area contributed by atoms with Crippen LogP contribution < -0.4 is 5.32 Å². The lowest BCUT2D eigenvalue weighted by Crippen LogP contribution is -2.03. The van der Waals surface area contributed by atoms with E-state index in [0.29, 0.717) is 5.95 Å². The fraction of sp³-hybridized carbons (Fsp3) is 0.333. The predicted octanol–water partition coefficient (Wildman–Crippen LogP) is 1.30. The highest BCUT2D eigenvalue weighted by atomic mass is 15.1. The van der Waals surface area contributed by atoms with E-state index in [0.717, 1.165) is 13.0 Å². The van der Waals surface area contributed by atoms with Gasteiger partial charge < -0.3 is 5.32 Å². The lowest BCUT2D eigenvalue weighted by molar-refractivity contribution is 1.03. The van der Waals surface area contributed by atoms with Gasteiger partial charge in [0, 0.05) is 25.4 Å². The van der Waals surface area contributed by atoms with Gasteiger partial charge in [-0.1, -0.05) is 0 Å². The summed E-state index contributed by atoms with van der Waals surface area (Å²) in [5.74, 6) is 6.44. The second kappa shape index (κ2) is 5.14. The zero-order valence-corrected chi connectivity index (χ0v) is 7.04. The topological polar surface area (TPSA) is 37.8 Å². The molecule has 1 heterocycles. The van der Waals surface area contributed by atoms with E-state index < -0.39 is 0 Å². The number of aromatic nitrogens is 2. The first-order valence-electron chi connectivity index (χ1n) is 3.84. The van der Waals surface area contributed by atoms with Gasteiger partial charge in [-0.05, 0) is 13.0 Å². The van der Waals surface area contributed by atoms with Crippen LogP contribution in [0.5, 0.6) is 0 Å². The molecule has 0 aliphatic carbocycles. The monoisotopic (exact) mass is 161 g/mol. The summed E-state index contributed by atoms with van der Waals surface area (Å²) in [5, 5.41) is 3.05. The van der Waals surface area contributed by atoms with Crippen LogP contribution in [0.4, 0.5) is 5.95 Å². The fourth-order valence-electron chi connectivity index (χ4n) is 0.752. The average molecular weight is 161 g/mol. The molecule has 3 nitrogen and oxygen atoms in total. The first kappa shape index (κ1) is 8.54. The van der Waals surface area contributed by atoms with Gasteiger partial charge in [-0.15, -0.1) is 11.8 Å². The van der Waals surface area contributed by atoms with E-state index >= 15 is 0 Å². The molecule has 0 aliphatic rings. The normalized spacial score (nSPS) is 8.42. The predicted molar refractivity (Wildman–Crippen MR) is 48.6 cm³/mol. The minimum absolute atomic E-state index is 0.662. The zero-order valence-electron chi connectivity index (χ0n) is 7.04. The molecule has 1 N–H and O–H groups in total. The van der Waals surface area contributed by atoms with E-state index in [9.17, 15) is 0 Å². The van der Waals surface area contributed by atoms with Crippen LogP contribution >= 0.6 is 0 Å². The second-order valence-electron chi connectivity index (χ2n) is 2.18. The minimum atomic E-state index is 0.662. The summed E-state index contributed by atoms with van der Waals surface area (Å²) in [5.41, 5.74) is 0. The van der Waals surface area contributed by atoms with Crippen molar-refractivity contribution < 1.29 is 0 Å². The smallest absolute Gasteiger partial charge is 0.222 e. The van der Waals surface area contributed by atoms with E-state index in [-0.39, 0.29) is 0 Å². The van der Waals surface area contributed by atoms with Crippen LogP contribution in [0.15, 0.2) is 18.5 Å². The molecule has 0 spiro atoms. The third-order valence-electron chi connectivity index (χ3n) is 1.28. The van der Waals surface area contributed by atoms with E-state index in [4.69, 9.17) is 0 Å². The molecule has 0 saturated heterocycles. The van der Waals surface area contributed by atoms with Gasteiger partial charge in [0.15, 0.2) is 0 Å². The maximum atomic E-state index is 4.01. The second-order valence-corrected chi connectivity index (χ2v) is 2.18. The van der Waals surface area contributed by atoms with Crippen molar-refractivity contribution in [3.63, 3.8) is 0 Å². The van der Waals surface area contributed by atoms with Crippen LogP contribution in [0.3, 0.4) is 0 Å². The van der Waals surface area contributed by atoms with Gasteiger partial charge in [0.25, 0.3) is 0 Å². The van der Waals surface area contributed by atoms with Crippen molar-refractivity contribution in [2.45, 2.75) is 13.3 Å². The Kier molecular flexibility index (Phi) is 3.65. The quantitative estimate of drug-likeness (QED) is 0.536. The van der Waals surface area contributed by atoms with Gasteiger partial charge in [-0.3, -0.25) is 0 Å². The molecule has 12 heavy (non-hydrogen) atoms. The van der Waals surface area contributed by atoms with Crippen molar-refractivity contribution in [1.29, 1.82) is 0 Å². The molecular formula is C9H11N3. The summed E-state index contributed by atoms with van der Waals surface area (Å²) in [4.78, 5) is 8.01. The van der Waals surface area contributed by atoms with Gasteiger partial charge in [0.2, 0.25) is 5.95 Å². The number of hydrogen-bond acceptors (Lipinski definition) is 3. The Morgan fingerprint density at radius 3 is 2.83 bits per heavy atom. The highest BCUT2D eigenvalue weighted by molar-refractivity contribution is 5.22. The van der Waals surface area contributed by atoms with Crippen LogP contribution in [0.2, 0.25) is 0 Å². The molecule has 0 saturated carbocycles. The molecule has 1 aromatic rings. The summed E-state index contributed by atoms with van der Waals surface area (Å²) in [6.07, 6.45) is 4.25. The van der Waals surface area contributed by atoms with Crippen molar-refractivity contribution in [1.82, 2.24) is 9.97 Å². The molecule has 0 fully saturated rings. The Morgan fingerprint density at radius 2 is 2.17 bits per heavy atom. The molecule has 0 bridgehead atoms. The van der Waals surface area contributed by atoms with Crippen LogP contribution in [0, 0.1) is 11.8 Å². The largest absolute Gasteiger partial charge is 0.353 e. The Hall–Kier alpha value is -1.56. The lowest BCUT2D eigenvalue weighted by Gasteiger charge is -1.99. The summed E-state index contributed by atoms with van der Waals surface area (Å²) in [6.45, 7) is 2.63. The minimum Gasteiger partial charge on any atom is -0.353 e. The average Bonchev–Trinajstić information content (AvgIpc) is 2.14. The molecule has 0 unspecified atom stereocenters. The van der Waals surface area contributed by atoms with Crippen LogP contribution in [0.25, 0.3) is 0 Å². The highest BCUT2D eigenvalue weighted by Crippen LogP contribution is 1.92. The maximum Gasteiger partial charge on any atom is 0.222 e. The van der Waals surface area contributed by atoms with E-state index in [1.54, 1.807) is 18.5 Å². The Labute approximate surface area is 72.2 Å².